The minimum atomic E-state index is -0.548. The van der Waals surface area contributed by atoms with Crippen LogP contribution in [0.3, 0.4) is 0 Å². The number of benzene rings is 1. The van der Waals surface area contributed by atoms with E-state index in [0.717, 1.165) is 34.9 Å². The number of aromatic amines is 1. The van der Waals surface area contributed by atoms with Crippen molar-refractivity contribution in [3.63, 3.8) is 0 Å². The normalized spacial score (nSPS) is 18.1. The Balaban J connectivity index is 1.47. The lowest BCUT2D eigenvalue weighted by Gasteiger charge is -2.38. The molecule has 2 aliphatic rings. The van der Waals surface area contributed by atoms with Crippen LogP contribution in [0.5, 0.6) is 0 Å². The Hall–Kier alpha value is -3.66. The molecule has 0 aliphatic carbocycles. The van der Waals surface area contributed by atoms with Crippen molar-refractivity contribution in [2.45, 2.75) is 52.3 Å². The molecule has 0 spiro atoms. The predicted octanol–water partition coefficient (Wildman–Crippen LogP) is 4.13. The van der Waals surface area contributed by atoms with Gasteiger partial charge in [-0.2, -0.15) is 0 Å². The number of aromatic nitrogens is 4. The molecule has 2 aromatic heterocycles. The summed E-state index contributed by atoms with van der Waals surface area (Å²) in [6, 6.07) is 8.14. The summed E-state index contributed by atoms with van der Waals surface area (Å²) in [7, 11) is 0. The predicted molar refractivity (Wildman–Crippen MR) is 137 cm³/mol. The lowest BCUT2D eigenvalue weighted by atomic mass is 10.0. The summed E-state index contributed by atoms with van der Waals surface area (Å²) in [5.74, 6) is 2.25. The average molecular weight is 492 g/mol. The van der Waals surface area contributed by atoms with Crippen LogP contribution >= 0.6 is 0 Å². The fraction of sp³-hybridized carbons (Fsp3) is 0.462. The number of morpholine rings is 1. The first-order valence-corrected chi connectivity index (χ1v) is 12.4. The Labute approximate surface area is 211 Å². The van der Waals surface area contributed by atoms with Crippen molar-refractivity contribution >= 4 is 23.5 Å². The second-order valence-corrected chi connectivity index (χ2v) is 10.2. The molecule has 3 aromatic rings. The van der Waals surface area contributed by atoms with Gasteiger partial charge in [0.05, 0.1) is 31.5 Å². The molecular weight excluding hydrogens is 458 g/mol. The molecular formula is C26H33N7O3. The third kappa shape index (κ3) is 5.28. The van der Waals surface area contributed by atoms with Gasteiger partial charge in [0.15, 0.2) is 5.82 Å². The lowest BCUT2D eigenvalue weighted by molar-refractivity contribution is 0.0220. The maximum atomic E-state index is 12.8. The van der Waals surface area contributed by atoms with E-state index in [1.807, 2.05) is 45.0 Å². The monoisotopic (exact) mass is 491 g/mol. The third-order valence-electron chi connectivity index (χ3n) is 6.24. The standard InChI is InChI=1S/C26H33N7O3/c1-17-16-35-14-13-33(17)23-20-9-12-32(25(34)36-26(2,3)4)15-21(20)30-22(31-23)18-5-7-19(8-6-18)29-24-27-10-11-28-24/h5-8,10-11,17H,9,12-16H2,1-4H3,(H2,27,28,29). The van der Waals surface area contributed by atoms with Crippen molar-refractivity contribution in [2.75, 3.05) is 36.5 Å². The van der Waals surface area contributed by atoms with Gasteiger partial charge in [-0.1, -0.05) is 0 Å². The second kappa shape index (κ2) is 9.77. The van der Waals surface area contributed by atoms with Crippen LogP contribution in [0.25, 0.3) is 11.4 Å². The number of H-pyrrole nitrogens is 1. The van der Waals surface area contributed by atoms with E-state index in [-0.39, 0.29) is 12.1 Å². The number of anilines is 3. The second-order valence-electron chi connectivity index (χ2n) is 10.2. The molecule has 0 radical (unpaired) electrons. The van der Waals surface area contributed by atoms with Gasteiger partial charge in [-0.15, -0.1) is 0 Å². The summed E-state index contributed by atoms with van der Waals surface area (Å²) in [5, 5.41) is 3.23. The van der Waals surface area contributed by atoms with E-state index in [1.165, 1.54) is 0 Å². The quantitative estimate of drug-likeness (QED) is 0.561. The van der Waals surface area contributed by atoms with Gasteiger partial charge in [0.2, 0.25) is 5.95 Å². The van der Waals surface area contributed by atoms with Crippen LogP contribution in [-0.4, -0.2) is 68.9 Å². The highest BCUT2D eigenvalue weighted by atomic mass is 16.6. The molecule has 0 saturated carbocycles. The number of carbonyl (C=O) groups excluding carboxylic acids is 1. The van der Waals surface area contributed by atoms with E-state index in [1.54, 1.807) is 17.3 Å². The van der Waals surface area contributed by atoms with Crippen LogP contribution in [0.2, 0.25) is 0 Å². The largest absolute Gasteiger partial charge is 0.444 e. The molecule has 1 saturated heterocycles. The Morgan fingerprint density at radius 3 is 2.69 bits per heavy atom. The number of nitrogens with one attached hydrogen (secondary N) is 2. The van der Waals surface area contributed by atoms with Gasteiger partial charge in [-0.05, 0) is 58.4 Å². The molecule has 4 heterocycles. The lowest BCUT2D eigenvalue weighted by Crippen LogP contribution is -2.46. The molecule has 10 heteroatoms. The molecule has 190 valence electrons. The van der Waals surface area contributed by atoms with Crippen molar-refractivity contribution in [1.82, 2.24) is 24.8 Å². The number of carbonyl (C=O) groups is 1. The van der Waals surface area contributed by atoms with Gasteiger partial charge in [0.1, 0.15) is 11.4 Å². The summed E-state index contributed by atoms with van der Waals surface area (Å²) < 4.78 is 11.3. The maximum absolute atomic E-state index is 12.8. The number of fused-ring (bicyclic) bond motifs is 1. The van der Waals surface area contributed by atoms with E-state index < -0.39 is 5.60 Å². The zero-order valence-corrected chi connectivity index (χ0v) is 21.2. The molecule has 1 atom stereocenters. The highest BCUT2D eigenvalue weighted by Crippen LogP contribution is 2.32. The number of hydrogen-bond acceptors (Lipinski definition) is 8. The van der Waals surface area contributed by atoms with Crippen molar-refractivity contribution in [2.24, 2.45) is 0 Å². The van der Waals surface area contributed by atoms with Gasteiger partial charge < -0.3 is 29.6 Å². The summed E-state index contributed by atoms with van der Waals surface area (Å²) in [6.45, 7) is 10.8. The number of nitrogens with zero attached hydrogens (tertiary/aromatic N) is 5. The summed E-state index contributed by atoms with van der Waals surface area (Å²) >= 11 is 0. The van der Waals surface area contributed by atoms with E-state index in [2.05, 4.69) is 27.1 Å². The van der Waals surface area contributed by atoms with E-state index in [9.17, 15) is 4.79 Å². The Morgan fingerprint density at radius 2 is 2.00 bits per heavy atom. The molecule has 36 heavy (non-hydrogen) atoms. The first kappa shape index (κ1) is 24.1. The van der Waals surface area contributed by atoms with Crippen LogP contribution in [0.15, 0.2) is 36.7 Å². The van der Waals surface area contributed by atoms with Crippen LogP contribution < -0.4 is 10.2 Å². The first-order chi connectivity index (χ1) is 17.3. The number of hydrogen-bond donors (Lipinski definition) is 2. The fourth-order valence-corrected chi connectivity index (χ4v) is 4.47. The van der Waals surface area contributed by atoms with Crippen LogP contribution in [-0.2, 0) is 22.4 Å². The van der Waals surface area contributed by atoms with E-state index in [0.29, 0.717) is 44.5 Å². The van der Waals surface area contributed by atoms with E-state index >= 15 is 0 Å². The molecule has 1 aromatic carbocycles. The van der Waals surface area contributed by atoms with Gasteiger partial charge >= 0.3 is 6.09 Å². The van der Waals surface area contributed by atoms with Crippen molar-refractivity contribution in [1.29, 1.82) is 0 Å². The molecule has 2 aliphatic heterocycles. The molecule has 2 N–H and O–H groups in total. The molecule has 0 bridgehead atoms. The van der Waals surface area contributed by atoms with Crippen molar-refractivity contribution < 1.29 is 14.3 Å². The maximum Gasteiger partial charge on any atom is 0.410 e. The van der Waals surface area contributed by atoms with Crippen molar-refractivity contribution in [3.8, 4) is 11.4 Å². The Morgan fingerprint density at radius 1 is 1.19 bits per heavy atom. The topological polar surface area (TPSA) is 108 Å². The molecule has 1 unspecified atom stereocenters. The highest BCUT2D eigenvalue weighted by molar-refractivity contribution is 5.70. The minimum absolute atomic E-state index is 0.203. The van der Waals surface area contributed by atoms with Crippen LogP contribution in [0.1, 0.15) is 39.0 Å². The van der Waals surface area contributed by atoms with Crippen LogP contribution in [0.4, 0.5) is 22.2 Å². The Kier molecular flexibility index (Phi) is 6.53. The van der Waals surface area contributed by atoms with Gasteiger partial charge in [0.25, 0.3) is 0 Å². The zero-order chi connectivity index (χ0) is 25.3. The molecule has 1 amide bonds. The third-order valence-corrected chi connectivity index (χ3v) is 6.24. The smallest absolute Gasteiger partial charge is 0.410 e. The number of imidazole rings is 1. The first-order valence-electron chi connectivity index (χ1n) is 12.4. The Bertz CT molecular complexity index is 1210. The van der Waals surface area contributed by atoms with Gasteiger partial charge in [-0.3, -0.25) is 0 Å². The zero-order valence-electron chi connectivity index (χ0n) is 21.2. The molecule has 5 rings (SSSR count). The summed E-state index contributed by atoms with van der Waals surface area (Å²) in [5.41, 5.74) is 3.23. The average Bonchev–Trinajstić information content (AvgIpc) is 3.36. The number of rotatable bonds is 4. The number of amides is 1. The summed E-state index contributed by atoms with van der Waals surface area (Å²) in [6.07, 6.45) is 3.84. The van der Waals surface area contributed by atoms with Crippen molar-refractivity contribution in [3.05, 3.63) is 47.9 Å². The molecule has 1 fully saturated rings. The van der Waals surface area contributed by atoms with Gasteiger partial charge in [-0.25, -0.2) is 19.7 Å². The highest BCUT2D eigenvalue weighted by Gasteiger charge is 2.32. The van der Waals surface area contributed by atoms with Crippen LogP contribution in [0, 0.1) is 0 Å². The molecule has 10 nitrogen and oxygen atoms in total. The summed E-state index contributed by atoms with van der Waals surface area (Å²) in [4.78, 5) is 34.1. The fourth-order valence-electron chi connectivity index (χ4n) is 4.47. The minimum Gasteiger partial charge on any atom is -0.444 e. The van der Waals surface area contributed by atoms with Gasteiger partial charge in [0, 0.05) is 42.3 Å². The SMILES string of the molecule is CC1COCCN1c1nc(-c2ccc(Nc3ncc[nH]3)cc2)nc2c1CCN(C(=O)OC(C)(C)C)C2. The number of ether oxygens (including phenoxy) is 2. The van der Waals surface area contributed by atoms with E-state index in [4.69, 9.17) is 19.4 Å².